The standard InChI is InChI=1S/C18H20FNO/c1-12(14-7-8-18-15(11-14)9-10-21-18)20-13(2)16-5-3-4-6-17(16)19/h3-8,11-13,20H,9-10H2,1-2H3/t12?,13-/m1/s1. The van der Waals surface area contributed by atoms with Crippen LogP contribution in [0.15, 0.2) is 42.5 Å². The molecular weight excluding hydrogens is 265 g/mol. The van der Waals surface area contributed by atoms with E-state index in [4.69, 9.17) is 4.74 Å². The molecular formula is C18H20FNO. The van der Waals surface area contributed by atoms with Crippen molar-refractivity contribution in [3.8, 4) is 5.75 Å². The van der Waals surface area contributed by atoms with Crippen LogP contribution in [-0.2, 0) is 6.42 Å². The average Bonchev–Trinajstić information content (AvgIpc) is 2.94. The first-order chi connectivity index (χ1) is 10.1. The zero-order valence-electron chi connectivity index (χ0n) is 12.4. The summed E-state index contributed by atoms with van der Waals surface area (Å²) in [6.07, 6.45) is 0.971. The quantitative estimate of drug-likeness (QED) is 0.910. The molecule has 0 saturated heterocycles. The van der Waals surface area contributed by atoms with Crippen LogP contribution in [0.5, 0.6) is 5.75 Å². The average molecular weight is 285 g/mol. The summed E-state index contributed by atoms with van der Waals surface area (Å²) in [6.45, 7) is 4.87. The SMILES string of the molecule is CC(N[C@H](C)c1ccccc1F)c1ccc2c(c1)CCO2. The van der Waals surface area contributed by atoms with E-state index in [-0.39, 0.29) is 17.9 Å². The summed E-state index contributed by atoms with van der Waals surface area (Å²) >= 11 is 0. The molecule has 0 spiro atoms. The lowest BCUT2D eigenvalue weighted by Crippen LogP contribution is -2.23. The van der Waals surface area contributed by atoms with E-state index in [2.05, 4.69) is 24.4 Å². The van der Waals surface area contributed by atoms with Gasteiger partial charge in [0.2, 0.25) is 0 Å². The van der Waals surface area contributed by atoms with Crippen molar-refractivity contribution in [2.75, 3.05) is 6.61 Å². The Hall–Kier alpha value is -1.87. The normalized spacial score (nSPS) is 16.1. The van der Waals surface area contributed by atoms with Crippen LogP contribution in [0.2, 0.25) is 0 Å². The minimum absolute atomic E-state index is 0.0364. The van der Waals surface area contributed by atoms with Crippen molar-refractivity contribution in [3.05, 3.63) is 65.0 Å². The Labute approximate surface area is 125 Å². The van der Waals surface area contributed by atoms with Gasteiger partial charge in [0, 0.05) is 24.1 Å². The van der Waals surface area contributed by atoms with Crippen molar-refractivity contribution in [3.63, 3.8) is 0 Å². The molecule has 0 radical (unpaired) electrons. The molecule has 110 valence electrons. The van der Waals surface area contributed by atoms with E-state index in [0.29, 0.717) is 5.56 Å². The molecule has 1 aliphatic rings. The smallest absolute Gasteiger partial charge is 0.127 e. The predicted octanol–water partition coefficient (Wildman–Crippen LogP) is 4.17. The van der Waals surface area contributed by atoms with Gasteiger partial charge in [-0.25, -0.2) is 4.39 Å². The number of fused-ring (bicyclic) bond motifs is 1. The van der Waals surface area contributed by atoms with Crippen LogP contribution in [0, 0.1) is 5.82 Å². The molecule has 2 aromatic carbocycles. The predicted molar refractivity (Wildman–Crippen MR) is 82.0 cm³/mol. The van der Waals surface area contributed by atoms with Crippen LogP contribution >= 0.6 is 0 Å². The Balaban J connectivity index is 1.74. The topological polar surface area (TPSA) is 21.3 Å². The van der Waals surface area contributed by atoms with Crippen LogP contribution < -0.4 is 10.1 Å². The van der Waals surface area contributed by atoms with Gasteiger partial charge in [-0.15, -0.1) is 0 Å². The third kappa shape index (κ3) is 2.93. The first-order valence-corrected chi connectivity index (χ1v) is 7.41. The number of hydrogen-bond acceptors (Lipinski definition) is 2. The Bertz CT molecular complexity index is 641. The number of nitrogens with one attached hydrogen (secondary N) is 1. The van der Waals surface area contributed by atoms with Crippen molar-refractivity contribution in [1.29, 1.82) is 0 Å². The highest BCUT2D eigenvalue weighted by atomic mass is 19.1. The summed E-state index contributed by atoms with van der Waals surface area (Å²) < 4.78 is 19.3. The summed E-state index contributed by atoms with van der Waals surface area (Å²) in [6, 6.07) is 13.3. The van der Waals surface area contributed by atoms with E-state index < -0.39 is 0 Å². The van der Waals surface area contributed by atoms with Crippen molar-refractivity contribution in [2.45, 2.75) is 32.4 Å². The Morgan fingerprint density at radius 2 is 1.90 bits per heavy atom. The molecule has 0 amide bonds. The number of benzene rings is 2. The minimum atomic E-state index is -0.160. The summed E-state index contributed by atoms with van der Waals surface area (Å²) in [4.78, 5) is 0. The molecule has 2 aromatic rings. The summed E-state index contributed by atoms with van der Waals surface area (Å²) in [7, 11) is 0. The molecule has 0 fully saturated rings. The number of ether oxygens (including phenoxy) is 1. The second-order valence-electron chi connectivity index (χ2n) is 5.60. The summed E-state index contributed by atoms with van der Waals surface area (Å²) in [5.74, 6) is 0.833. The maximum absolute atomic E-state index is 13.8. The molecule has 1 aliphatic heterocycles. The van der Waals surface area contributed by atoms with Gasteiger partial charge in [0.05, 0.1) is 6.61 Å². The van der Waals surface area contributed by atoms with E-state index in [1.165, 1.54) is 17.2 Å². The highest BCUT2D eigenvalue weighted by Crippen LogP contribution is 2.29. The van der Waals surface area contributed by atoms with E-state index in [0.717, 1.165) is 18.8 Å². The van der Waals surface area contributed by atoms with Crippen molar-refractivity contribution in [2.24, 2.45) is 0 Å². The van der Waals surface area contributed by atoms with Gasteiger partial charge in [0.15, 0.2) is 0 Å². The van der Waals surface area contributed by atoms with Crippen LogP contribution in [0.25, 0.3) is 0 Å². The minimum Gasteiger partial charge on any atom is -0.493 e. The highest BCUT2D eigenvalue weighted by Gasteiger charge is 2.17. The molecule has 0 aromatic heterocycles. The maximum atomic E-state index is 13.8. The summed E-state index contributed by atoms with van der Waals surface area (Å²) in [5.41, 5.74) is 3.18. The third-order valence-corrected chi connectivity index (χ3v) is 4.09. The van der Waals surface area contributed by atoms with Gasteiger partial charge in [-0.1, -0.05) is 30.3 Å². The molecule has 3 rings (SSSR count). The molecule has 21 heavy (non-hydrogen) atoms. The van der Waals surface area contributed by atoms with E-state index in [1.807, 2.05) is 25.1 Å². The van der Waals surface area contributed by atoms with E-state index in [1.54, 1.807) is 6.07 Å². The third-order valence-electron chi connectivity index (χ3n) is 4.09. The zero-order chi connectivity index (χ0) is 14.8. The molecule has 1 N–H and O–H groups in total. The number of hydrogen-bond donors (Lipinski definition) is 1. The van der Waals surface area contributed by atoms with Gasteiger partial charge < -0.3 is 10.1 Å². The Kier molecular flexibility index (Phi) is 3.93. The van der Waals surface area contributed by atoms with Crippen molar-refractivity contribution in [1.82, 2.24) is 5.32 Å². The van der Waals surface area contributed by atoms with Gasteiger partial charge >= 0.3 is 0 Å². The lowest BCUT2D eigenvalue weighted by atomic mass is 10.0. The Morgan fingerprint density at radius 3 is 2.71 bits per heavy atom. The Morgan fingerprint density at radius 1 is 1.10 bits per heavy atom. The number of rotatable bonds is 4. The lowest BCUT2D eigenvalue weighted by Gasteiger charge is -2.21. The van der Waals surface area contributed by atoms with Gasteiger partial charge in [-0.05, 0) is 37.1 Å². The molecule has 0 saturated carbocycles. The fraction of sp³-hybridized carbons (Fsp3) is 0.333. The fourth-order valence-corrected chi connectivity index (χ4v) is 2.86. The molecule has 3 heteroatoms. The summed E-state index contributed by atoms with van der Waals surface area (Å²) in [5, 5.41) is 3.46. The zero-order valence-corrected chi connectivity index (χ0v) is 12.4. The lowest BCUT2D eigenvalue weighted by molar-refractivity contribution is 0.356. The first-order valence-electron chi connectivity index (χ1n) is 7.41. The highest BCUT2D eigenvalue weighted by molar-refractivity contribution is 5.40. The van der Waals surface area contributed by atoms with E-state index >= 15 is 0 Å². The van der Waals surface area contributed by atoms with Gasteiger partial charge in [-0.2, -0.15) is 0 Å². The van der Waals surface area contributed by atoms with Gasteiger partial charge in [0.1, 0.15) is 11.6 Å². The molecule has 1 unspecified atom stereocenters. The maximum Gasteiger partial charge on any atom is 0.127 e. The van der Waals surface area contributed by atoms with Crippen LogP contribution in [-0.4, -0.2) is 6.61 Å². The van der Waals surface area contributed by atoms with Gasteiger partial charge in [0.25, 0.3) is 0 Å². The number of halogens is 1. The fourth-order valence-electron chi connectivity index (χ4n) is 2.86. The van der Waals surface area contributed by atoms with Crippen LogP contribution in [0.4, 0.5) is 4.39 Å². The second kappa shape index (κ2) is 5.86. The first kappa shape index (κ1) is 14.1. The second-order valence-corrected chi connectivity index (χ2v) is 5.60. The van der Waals surface area contributed by atoms with Crippen molar-refractivity contribution < 1.29 is 9.13 Å². The van der Waals surface area contributed by atoms with Crippen LogP contribution in [0.3, 0.4) is 0 Å². The largest absolute Gasteiger partial charge is 0.493 e. The molecule has 1 heterocycles. The molecule has 2 nitrogen and oxygen atoms in total. The van der Waals surface area contributed by atoms with Gasteiger partial charge in [-0.3, -0.25) is 0 Å². The van der Waals surface area contributed by atoms with Crippen molar-refractivity contribution >= 4 is 0 Å². The molecule has 2 atom stereocenters. The van der Waals surface area contributed by atoms with Crippen LogP contribution in [0.1, 0.15) is 42.6 Å². The molecule has 0 aliphatic carbocycles. The monoisotopic (exact) mass is 285 g/mol. The van der Waals surface area contributed by atoms with E-state index in [9.17, 15) is 4.39 Å². The molecule has 0 bridgehead atoms.